The molecule has 5 nitrogen and oxygen atoms in total. The van der Waals surface area contributed by atoms with E-state index in [9.17, 15) is 9.90 Å². The fourth-order valence-corrected chi connectivity index (χ4v) is 3.91. The molecule has 0 spiro atoms. The van der Waals surface area contributed by atoms with E-state index in [0.29, 0.717) is 23.3 Å². The average Bonchev–Trinajstić information content (AvgIpc) is 3.23. The summed E-state index contributed by atoms with van der Waals surface area (Å²) in [4.78, 5) is 15.8. The Labute approximate surface area is 122 Å². The summed E-state index contributed by atoms with van der Waals surface area (Å²) in [6.45, 7) is 0. The maximum Gasteiger partial charge on any atom is 0.336 e. The van der Waals surface area contributed by atoms with Crippen LogP contribution < -0.4 is 0 Å². The van der Waals surface area contributed by atoms with Crippen molar-refractivity contribution >= 4 is 5.97 Å². The Bertz CT molecular complexity index is 694. The van der Waals surface area contributed by atoms with Gasteiger partial charge >= 0.3 is 5.97 Å². The van der Waals surface area contributed by atoms with Crippen LogP contribution in [0.2, 0.25) is 0 Å². The molecule has 21 heavy (non-hydrogen) atoms. The standard InChI is InChI=1S/C16H16N2O3/c19-16(20)12-4-2-1-3-11(12)15-17-14(18-21-15)13-8-9-5-6-10(13)7-9/h1-4,9-10,13H,5-8H2,(H,19,20). The van der Waals surface area contributed by atoms with Gasteiger partial charge in [-0.05, 0) is 43.2 Å². The Morgan fingerprint density at radius 3 is 2.81 bits per heavy atom. The molecule has 2 aromatic rings. The first-order valence-electron chi connectivity index (χ1n) is 7.38. The van der Waals surface area contributed by atoms with Crippen LogP contribution in [0, 0.1) is 11.8 Å². The van der Waals surface area contributed by atoms with Gasteiger partial charge in [0.1, 0.15) is 0 Å². The summed E-state index contributed by atoms with van der Waals surface area (Å²) in [5.74, 6) is 1.95. The summed E-state index contributed by atoms with van der Waals surface area (Å²) in [5.41, 5.74) is 0.688. The summed E-state index contributed by atoms with van der Waals surface area (Å²) < 4.78 is 5.34. The van der Waals surface area contributed by atoms with E-state index in [2.05, 4.69) is 10.1 Å². The molecule has 1 aromatic carbocycles. The maximum absolute atomic E-state index is 11.3. The van der Waals surface area contributed by atoms with Crippen molar-refractivity contribution in [3.05, 3.63) is 35.7 Å². The molecule has 4 rings (SSSR count). The lowest BCUT2D eigenvalue weighted by Crippen LogP contribution is -2.10. The molecule has 3 unspecified atom stereocenters. The second kappa shape index (κ2) is 4.69. The maximum atomic E-state index is 11.3. The molecule has 5 heteroatoms. The molecule has 2 fully saturated rings. The molecular formula is C16H16N2O3. The molecule has 1 heterocycles. The van der Waals surface area contributed by atoms with Crippen LogP contribution in [-0.2, 0) is 0 Å². The number of aromatic nitrogens is 2. The Morgan fingerprint density at radius 1 is 1.24 bits per heavy atom. The molecule has 0 amide bonds. The summed E-state index contributed by atoms with van der Waals surface area (Å²) >= 11 is 0. The third-order valence-electron chi connectivity index (χ3n) is 4.90. The number of fused-ring (bicyclic) bond motifs is 2. The number of carbonyl (C=O) groups is 1. The molecule has 3 atom stereocenters. The Hall–Kier alpha value is -2.17. The second-order valence-corrected chi connectivity index (χ2v) is 6.09. The molecule has 1 N–H and O–H groups in total. The normalized spacial score (nSPS) is 27.1. The van der Waals surface area contributed by atoms with Crippen LogP contribution >= 0.6 is 0 Å². The molecular weight excluding hydrogens is 268 g/mol. The number of hydrogen-bond acceptors (Lipinski definition) is 4. The third-order valence-corrected chi connectivity index (χ3v) is 4.90. The summed E-state index contributed by atoms with van der Waals surface area (Å²) in [5, 5.41) is 13.4. The third kappa shape index (κ3) is 2.04. The minimum Gasteiger partial charge on any atom is -0.478 e. The van der Waals surface area contributed by atoms with Gasteiger partial charge in [0.2, 0.25) is 0 Å². The van der Waals surface area contributed by atoms with Gasteiger partial charge in [-0.2, -0.15) is 4.98 Å². The highest BCUT2D eigenvalue weighted by atomic mass is 16.5. The van der Waals surface area contributed by atoms with E-state index in [-0.39, 0.29) is 5.56 Å². The van der Waals surface area contributed by atoms with E-state index in [1.54, 1.807) is 24.3 Å². The molecule has 2 aliphatic rings. The van der Waals surface area contributed by atoms with E-state index < -0.39 is 5.97 Å². The van der Waals surface area contributed by atoms with Crippen molar-refractivity contribution in [2.24, 2.45) is 11.8 Å². The van der Waals surface area contributed by atoms with Crippen LogP contribution in [0.15, 0.2) is 28.8 Å². The highest BCUT2D eigenvalue weighted by Crippen LogP contribution is 2.52. The number of benzene rings is 1. The Morgan fingerprint density at radius 2 is 2.10 bits per heavy atom. The van der Waals surface area contributed by atoms with Gasteiger partial charge in [-0.15, -0.1) is 0 Å². The molecule has 2 bridgehead atoms. The number of carboxylic acids is 1. The molecule has 1 aromatic heterocycles. The van der Waals surface area contributed by atoms with Gasteiger partial charge in [-0.1, -0.05) is 23.7 Å². The zero-order valence-corrected chi connectivity index (χ0v) is 11.5. The zero-order chi connectivity index (χ0) is 14.4. The van der Waals surface area contributed by atoms with Crippen molar-refractivity contribution in [1.82, 2.24) is 10.1 Å². The summed E-state index contributed by atoms with van der Waals surface area (Å²) in [7, 11) is 0. The van der Waals surface area contributed by atoms with Crippen molar-refractivity contribution < 1.29 is 14.4 Å². The van der Waals surface area contributed by atoms with Crippen molar-refractivity contribution in [1.29, 1.82) is 0 Å². The van der Waals surface area contributed by atoms with Gasteiger partial charge in [0.25, 0.3) is 5.89 Å². The minimum absolute atomic E-state index is 0.195. The first-order chi connectivity index (χ1) is 10.2. The van der Waals surface area contributed by atoms with Crippen LogP contribution in [0.3, 0.4) is 0 Å². The number of hydrogen-bond donors (Lipinski definition) is 1. The first-order valence-corrected chi connectivity index (χ1v) is 7.38. The van der Waals surface area contributed by atoms with Crippen LogP contribution in [0.25, 0.3) is 11.5 Å². The SMILES string of the molecule is O=C(O)c1ccccc1-c1nc(C2CC3CCC2C3)no1. The van der Waals surface area contributed by atoms with E-state index in [1.165, 1.54) is 19.3 Å². The quantitative estimate of drug-likeness (QED) is 0.935. The largest absolute Gasteiger partial charge is 0.478 e. The number of rotatable bonds is 3. The predicted octanol–water partition coefficient (Wildman–Crippen LogP) is 3.34. The topological polar surface area (TPSA) is 76.2 Å². The van der Waals surface area contributed by atoms with Gasteiger partial charge in [-0.25, -0.2) is 4.79 Å². The summed E-state index contributed by atoms with van der Waals surface area (Å²) in [6.07, 6.45) is 5.00. The van der Waals surface area contributed by atoms with Gasteiger partial charge in [0.05, 0.1) is 11.1 Å². The lowest BCUT2D eigenvalue weighted by atomic mass is 9.88. The number of aromatic carboxylic acids is 1. The minimum atomic E-state index is -0.981. The molecule has 0 aliphatic heterocycles. The monoisotopic (exact) mass is 284 g/mol. The van der Waals surface area contributed by atoms with Crippen molar-refractivity contribution in [3.63, 3.8) is 0 Å². The van der Waals surface area contributed by atoms with Gasteiger partial charge in [0, 0.05) is 5.92 Å². The Balaban J connectivity index is 1.67. The summed E-state index contributed by atoms with van der Waals surface area (Å²) in [6, 6.07) is 6.74. The fourth-order valence-electron chi connectivity index (χ4n) is 3.91. The molecule has 0 saturated heterocycles. The lowest BCUT2D eigenvalue weighted by Gasteiger charge is -2.17. The van der Waals surface area contributed by atoms with E-state index in [0.717, 1.165) is 18.2 Å². The van der Waals surface area contributed by atoms with Crippen molar-refractivity contribution in [3.8, 4) is 11.5 Å². The highest BCUT2D eigenvalue weighted by molar-refractivity contribution is 5.94. The van der Waals surface area contributed by atoms with Gasteiger partial charge < -0.3 is 9.63 Å². The van der Waals surface area contributed by atoms with Crippen LogP contribution in [0.4, 0.5) is 0 Å². The molecule has 108 valence electrons. The lowest BCUT2D eigenvalue weighted by molar-refractivity contribution is 0.0697. The van der Waals surface area contributed by atoms with Crippen LogP contribution in [-0.4, -0.2) is 21.2 Å². The van der Waals surface area contributed by atoms with Crippen LogP contribution in [0.5, 0.6) is 0 Å². The molecule has 2 saturated carbocycles. The second-order valence-electron chi connectivity index (χ2n) is 6.09. The average molecular weight is 284 g/mol. The van der Waals surface area contributed by atoms with Crippen LogP contribution in [0.1, 0.15) is 47.8 Å². The van der Waals surface area contributed by atoms with E-state index in [4.69, 9.17) is 4.52 Å². The van der Waals surface area contributed by atoms with Gasteiger partial charge in [0.15, 0.2) is 5.82 Å². The fraction of sp³-hybridized carbons (Fsp3) is 0.438. The number of nitrogens with zero attached hydrogens (tertiary/aromatic N) is 2. The highest BCUT2D eigenvalue weighted by Gasteiger charge is 2.42. The number of carboxylic acid groups (broad SMARTS) is 1. The van der Waals surface area contributed by atoms with Crippen molar-refractivity contribution in [2.75, 3.05) is 0 Å². The van der Waals surface area contributed by atoms with Gasteiger partial charge in [-0.3, -0.25) is 0 Å². The van der Waals surface area contributed by atoms with Crippen molar-refractivity contribution in [2.45, 2.75) is 31.6 Å². The predicted molar refractivity (Wildman–Crippen MR) is 74.9 cm³/mol. The zero-order valence-electron chi connectivity index (χ0n) is 11.5. The molecule has 0 radical (unpaired) electrons. The molecule has 2 aliphatic carbocycles. The Kier molecular flexibility index (Phi) is 2.80. The van der Waals surface area contributed by atoms with E-state index in [1.807, 2.05) is 0 Å². The first kappa shape index (κ1) is 12.6. The smallest absolute Gasteiger partial charge is 0.336 e. The van der Waals surface area contributed by atoms with E-state index >= 15 is 0 Å².